The maximum absolute atomic E-state index is 13.3. The normalized spacial score (nSPS) is 20.4. The van der Waals surface area contributed by atoms with Gasteiger partial charge in [0, 0.05) is 30.1 Å². The molecule has 2 aromatic rings. The Bertz CT molecular complexity index is 959. The zero-order valence-corrected chi connectivity index (χ0v) is 18.6. The molecule has 1 atom stereocenters. The summed E-state index contributed by atoms with van der Waals surface area (Å²) in [5.74, 6) is -0.189. The minimum Gasteiger partial charge on any atom is -0.335 e. The molecule has 2 aromatic carbocycles. The number of halogens is 1. The van der Waals surface area contributed by atoms with E-state index in [1.165, 1.54) is 4.31 Å². The fraction of sp³-hybridized carbons (Fsp3) is 0.409. The molecule has 1 unspecified atom stereocenters. The summed E-state index contributed by atoms with van der Waals surface area (Å²) in [4.78, 5) is 15.6. The molecule has 0 bridgehead atoms. The van der Waals surface area contributed by atoms with E-state index in [0.717, 1.165) is 29.3 Å². The van der Waals surface area contributed by atoms with Crippen LogP contribution in [-0.4, -0.2) is 42.7 Å². The largest absolute Gasteiger partial charge is 0.335 e. The number of amides is 1. The van der Waals surface area contributed by atoms with Crippen LogP contribution in [0.4, 0.5) is 0 Å². The highest BCUT2D eigenvalue weighted by atomic mass is 79.9. The lowest BCUT2D eigenvalue weighted by atomic mass is 9.97. The lowest BCUT2D eigenvalue weighted by Gasteiger charge is -2.34. The smallest absolute Gasteiger partial charge is 0.243 e. The van der Waals surface area contributed by atoms with Crippen LogP contribution in [0, 0.1) is 5.92 Å². The highest BCUT2D eigenvalue weighted by Gasteiger charge is 2.39. The standard InChI is InChI=1S/C22H25BrN2O3S/c23-19-8-12-21(13-9-19)29(27,28)24-14-4-7-18(16-24)22(26)25(20-10-11-20)15-17-5-2-1-3-6-17/h1-3,5-6,8-9,12-13,18,20H,4,7,10-11,14-16H2. The lowest BCUT2D eigenvalue weighted by molar-refractivity contribution is -0.138. The number of nitrogens with zero attached hydrogens (tertiary/aromatic N) is 2. The average molecular weight is 477 g/mol. The molecule has 1 aliphatic carbocycles. The molecule has 154 valence electrons. The third-order valence-electron chi connectivity index (χ3n) is 5.65. The van der Waals surface area contributed by atoms with Crippen LogP contribution in [0.5, 0.6) is 0 Å². The number of hydrogen-bond donors (Lipinski definition) is 0. The number of rotatable bonds is 6. The Labute approximate surface area is 180 Å². The molecule has 29 heavy (non-hydrogen) atoms. The van der Waals surface area contributed by atoms with Gasteiger partial charge < -0.3 is 4.90 Å². The Kier molecular flexibility index (Phi) is 6.08. The Hall–Kier alpha value is -1.70. The lowest BCUT2D eigenvalue weighted by Crippen LogP contribution is -2.47. The van der Waals surface area contributed by atoms with Gasteiger partial charge >= 0.3 is 0 Å². The van der Waals surface area contributed by atoms with E-state index in [1.54, 1.807) is 24.3 Å². The van der Waals surface area contributed by atoms with Gasteiger partial charge in [-0.25, -0.2) is 8.42 Å². The summed E-state index contributed by atoms with van der Waals surface area (Å²) in [7, 11) is -3.59. The van der Waals surface area contributed by atoms with Crippen molar-refractivity contribution in [1.82, 2.24) is 9.21 Å². The van der Waals surface area contributed by atoms with E-state index in [4.69, 9.17) is 0 Å². The van der Waals surface area contributed by atoms with Gasteiger partial charge in [-0.3, -0.25) is 4.79 Å². The molecule has 7 heteroatoms. The summed E-state index contributed by atoms with van der Waals surface area (Å²) < 4.78 is 28.4. The number of sulfonamides is 1. The van der Waals surface area contributed by atoms with Crippen molar-refractivity contribution in [2.75, 3.05) is 13.1 Å². The Morgan fingerprint density at radius 1 is 1.03 bits per heavy atom. The predicted molar refractivity (Wildman–Crippen MR) is 116 cm³/mol. The van der Waals surface area contributed by atoms with E-state index in [1.807, 2.05) is 35.2 Å². The van der Waals surface area contributed by atoms with Crippen molar-refractivity contribution >= 4 is 31.9 Å². The summed E-state index contributed by atoms with van der Waals surface area (Å²) in [5.41, 5.74) is 1.11. The molecule has 0 N–H and O–H groups in total. The Morgan fingerprint density at radius 3 is 2.38 bits per heavy atom. The predicted octanol–water partition coefficient (Wildman–Crippen LogP) is 4.04. The van der Waals surface area contributed by atoms with Crippen molar-refractivity contribution in [2.24, 2.45) is 5.92 Å². The maximum Gasteiger partial charge on any atom is 0.243 e. The van der Waals surface area contributed by atoms with Gasteiger partial charge in [-0.15, -0.1) is 0 Å². The highest BCUT2D eigenvalue weighted by molar-refractivity contribution is 9.10. The van der Waals surface area contributed by atoms with Crippen LogP contribution in [0.2, 0.25) is 0 Å². The van der Waals surface area contributed by atoms with E-state index in [-0.39, 0.29) is 23.3 Å². The van der Waals surface area contributed by atoms with Crippen LogP contribution in [0.1, 0.15) is 31.2 Å². The second kappa shape index (κ2) is 8.58. The SMILES string of the molecule is O=C(C1CCCN(S(=O)(=O)c2ccc(Br)cc2)C1)N(Cc1ccccc1)C1CC1. The first-order valence-corrected chi connectivity index (χ1v) is 12.3. The topological polar surface area (TPSA) is 57.7 Å². The molecule has 2 fully saturated rings. The summed E-state index contributed by atoms with van der Waals surface area (Å²) >= 11 is 3.34. The fourth-order valence-corrected chi connectivity index (χ4v) is 5.69. The van der Waals surface area contributed by atoms with Gasteiger partial charge in [-0.05, 0) is 55.5 Å². The van der Waals surface area contributed by atoms with Gasteiger partial charge in [-0.1, -0.05) is 46.3 Å². The van der Waals surface area contributed by atoms with Crippen molar-refractivity contribution in [3.8, 4) is 0 Å². The summed E-state index contributed by atoms with van der Waals surface area (Å²) in [5, 5.41) is 0. The summed E-state index contributed by atoms with van der Waals surface area (Å²) in [6.45, 7) is 1.32. The molecular formula is C22H25BrN2O3S. The molecule has 1 aliphatic heterocycles. The fourth-order valence-electron chi connectivity index (χ4n) is 3.91. The number of piperidine rings is 1. The molecule has 1 saturated carbocycles. The number of benzene rings is 2. The minimum atomic E-state index is -3.59. The van der Waals surface area contributed by atoms with E-state index in [9.17, 15) is 13.2 Å². The zero-order chi connectivity index (χ0) is 20.4. The first-order chi connectivity index (χ1) is 13.9. The molecule has 1 saturated heterocycles. The first-order valence-electron chi connectivity index (χ1n) is 10.1. The Balaban J connectivity index is 1.49. The number of carbonyl (C=O) groups excluding carboxylic acids is 1. The molecule has 0 radical (unpaired) electrons. The molecule has 5 nitrogen and oxygen atoms in total. The van der Waals surface area contributed by atoms with E-state index in [0.29, 0.717) is 25.6 Å². The van der Waals surface area contributed by atoms with Crippen LogP contribution >= 0.6 is 15.9 Å². The van der Waals surface area contributed by atoms with E-state index >= 15 is 0 Å². The minimum absolute atomic E-state index is 0.0899. The van der Waals surface area contributed by atoms with E-state index in [2.05, 4.69) is 15.9 Å². The molecule has 1 amide bonds. The average Bonchev–Trinajstić information content (AvgIpc) is 3.58. The summed E-state index contributed by atoms with van der Waals surface area (Å²) in [6, 6.07) is 17.0. The van der Waals surface area contributed by atoms with Crippen LogP contribution in [0.15, 0.2) is 64.0 Å². The third kappa shape index (κ3) is 4.73. The molecule has 0 aromatic heterocycles. The van der Waals surface area contributed by atoms with Gasteiger partial charge in [-0.2, -0.15) is 4.31 Å². The second-order valence-electron chi connectivity index (χ2n) is 7.84. The van der Waals surface area contributed by atoms with Crippen molar-refractivity contribution in [3.05, 3.63) is 64.6 Å². The van der Waals surface area contributed by atoms with Gasteiger partial charge in [0.15, 0.2) is 0 Å². The van der Waals surface area contributed by atoms with Crippen LogP contribution < -0.4 is 0 Å². The van der Waals surface area contributed by atoms with Gasteiger partial charge in [0.25, 0.3) is 0 Å². The van der Waals surface area contributed by atoms with Gasteiger partial charge in [0.05, 0.1) is 10.8 Å². The number of carbonyl (C=O) groups is 1. The molecular weight excluding hydrogens is 452 g/mol. The van der Waals surface area contributed by atoms with Gasteiger partial charge in [0.1, 0.15) is 0 Å². The molecule has 0 spiro atoms. The third-order valence-corrected chi connectivity index (χ3v) is 8.06. The van der Waals surface area contributed by atoms with Crippen molar-refractivity contribution in [1.29, 1.82) is 0 Å². The Morgan fingerprint density at radius 2 is 1.72 bits per heavy atom. The monoisotopic (exact) mass is 476 g/mol. The van der Waals surface area contributed by atoms with Crippen LogP contribution in [0.3, 0.4) is 0 Å². The first kappa shape index (κ1) is 20.6. The second-order valence-corrected chi connectivity index (χ2v) is 10.7. The summed E-state index contributed by atoms with van der Waals surface area (Å²) in [6.07, 6.45) is 3.51. The zero-order valence-electron chi connectivity index (χ0n) is 16.2. The van der Waals surface area contributed by atoms with Crippen molar-refractivity contribution in [2.45, 2.75) is 43.2 Å². The van der Waals surface area contributed by atoms with Crippen molar-refractivity contribution in [3.63, 3.8) is 0 Å². The van der Waals surface area contributed by atoms with Gasteiger partial charge in [0.2, 0.25) is 15.9 Å². The van der Waals surface area contributed by atoms with Crippen LogP contribution in [-0.2, 0) is 21.4 Å². The quantitative estimate of drug-likeness (QED) is 0.631. The van der Waals surface area contributed by atoms with Crippen molar-refractivity contribution < 1.29 is 13.2 Å². The maximum atomic E-state index is 13.3. The molecule has 4 rings (SSSR count). The number of hydrogen-bond acceptors (Lipinski definition) is 3. The van der Waals surface area contributed by atoms with E-state index < -0.39 is 10.0 Å². The highest BCUT2D eigenvalue weighted by Crippen LogP contribution is 2.32. The molecule has 1 heterocycles. The van der Waals surface area contributed by atoms with Crippen LogP contribution in [0.25, 0.3) is 0 Å². The molecule has 2 aliphatic rings.